The zero-order valence-electron chi connectivity index (χ0n) is 11.4. The molecule has 1 aromatic rings. The van der Waals surface area contributed by atoms with Crippen molar-refractivity contribution in [1.29, 1.82) is 0 Å². The molecule has 1 saturated carbocycles. The van der Waals surface area contributed by atoms with Gasteiger partial charge in [0.05, 0.1) is 6.61 Å². The van der Waals surface area contributed by atoms with Crippen molar-refractivity contribution in [2.75, 3.05) is 13.2 Å². The van der Waals surface area contributed by atoms with Gasteiger partial charge in [0.1, 0.15) is 17.1 Å². The molecular formula is C15H20FNO3. The van der Waals surface area contributed by atoms with Crippen molar-refractivity contribution in [1.82, 2.24) is 4.90 Å². The first-order chi connectivity index (χ1) is 9.65. The van der Waals surface area contributed by atoms with Crippen LogP contribution in [-0.4, -0.2) is 40.2 Å². The minimum Gasteiger partial charge on any atom is -0.507 e. The van der Waals surface area contributed by atoms with E-state index in [1.165, 1.54) is 17.0 Å². The third-order valence-electron chi connectivity index (χ3n) is 3.82. The Bertz CT molecular complexity index is 452. The number of aromatic hydroxyl groups is 1. The Kier molecular flexibility index (Phi) is 4.95. The summed E-state index contributed by atoms with van der Waals surface area (Å²) in [5.41, 5.74) is -0.300. The van der Waals surface area contributed by atoms with Gasteiger partial charge in [-0.1, -0.05) is 25.3 Å². The van der Waals surface area contributed by atoms with E-state index in [0.717, 1.165) is 38.2 Å². The molecule has 0 aromatic heterocycles. The van der Waals surface area contributed by atoms with Gasteiger partial charge in [-0.2, -0.15) is 0 Å². The molecule has 1 amide bonds. The maximum atomic E-state index is 13.8. The number of aliphatic hydroxyl groups excluding tert-OH is 1. The van der Waals surface area contributed by atoms with Crippen molar-refractivity contribution < 1.29 is 19.4 Å². The summed E-state index contributed by atoms with van der Waals surface area (Å²) in [6.07, 6.45) is 4.93. The number of phenolic OH excluding ortho intramolecular Hbond substituents is 1. The van der Waals surface area contributed by atoms with E-state index in [4.69, 9.17) is 5.11 Å². The van der Waals surface area contributed by atoms with Crippen molar-refractivity contribution >= 4 is 5.91 Å². The number of halogens is 1. The molecule has 0 aliphatic heterocycles. The van der Waals surface area contributed by atoms with Crippen LogP contribution in [0.3, 0.4) is 0 Å². The highest BCUT2D eigenvalue weighted by atomic mass is 19.1. The summed E-state index contributed by atoms with van der Waals surface area (Å²) in [5, 5.41) is 18.9. The molecule has 0 bridgehead atoms. The van der Waals surface area contributed by atoms with E-state index >= 15 is 0 Å². The maximum Gasteiger partial charge on any atom is 0.260 e. The van der Waals surface area contributed by atoms with Crippen molar-refractivity contribution in [3.05, 3.63) is 29.6 Å². The molecule has 0 unspecified atom stereocenters. The van der Waals surface area contributed by atoms with Crippen LogP contribution >= 0.6 is 0 Å². The molecule has 0 radical (unpaired) electrons. The summed E-state index contributed by atoms with van der Waals surface area (Å²) in [7, 11) is 0. The number of aliphatic hydroxyl groups is 1. The van der Waals surface area contributed by atoms with Crippen LogP contribution in [0.4, 0.5) is 4.39 Å². The second-order valence-corrected chi connectivity index (χ2v) is 5.15. The van der Waals surface area contributed by atoms with Crippen LogP contribution in [0.25, 0.3) is 0 Å². The SMILES string of the molecule is O=C(c1c(O)cccc1F)N(CCO)C1CCCCC1. The largest absolute Gasteiger partial charge is 0.507 e. The molecule has 110 valence electrons. The molecule has 1 aromatic carbocycles. The van der Waals surface area contributed by atoms with E-state index < -0.39 is 11.7 Å². The standard InChI is InChI=1S/C15H20FNO3/c16-12-7-4-8-13(19)14(12)15(20)17(9-10-18)11-5-2-1-3-6-11/h4,7-8,11,18-19H,1-3,5-6,9-10H2. The quantitative estimate of drug-likeness (QED) is 0.890. The Morgan fingerprint density at radius 3 is 2.60 bits per heavy atom. The molecule has 0 heterocycles. The number of carbonyl (C=O) groups is 1. The van der Waals surface area contributed by atoms with E-state index in [2.05, 4.69) is 0 Å². The summed E-state index contributed by atoms with van der Waals surface area (Å²) in [4.78, 5) is 14.0. The van der Waals surface area contributed by atoms with Gasteiger partial charge in [0.2, 0.25) is 0 Å². The number of hydrogen-bond donors (Lipinski definition) is 2. The Hall–Kier alpha value is -1.62. The number of carbonyl (C=O) groups excluding carboxylic acids is 1. The number of nitrogens with zero attached hydrogens (tertiary/aromatic N) is 1. The minimum absolute atomic E-state index is 0.0161. The Labute approximate surface area is 117 Å². The lowest BCUT2D eigenvalue weighted by Gasteiger charge is -2.34. The predicted octanol–water partition coefficient (Wildman–Crippen LogP) is 2.30. The van der Waals surface area contributed by atoms with E-state index in [-0.39, 0.29) is 30.5 Å². The number of amides is 1. The van der Waals surface area contributed by atoms with Crippen LogP contribution in [0, 0.1) is 5.82 Å². The van der Waals surface area contributed by atoms with Crippen LogP contribution in [-0.2, 0) is 0 Å². The van der Waals surface area contributed by atoms with Gasteiger partial charge in [-0.25, -0.2) is 4.39 Å². The molecule has 20 heavy (non-hydrogen) atoms. The van der Waals surface area contributed by atoms with Crippen molar-refractivity contribution in [2.24, 2.45) is 0 Å². The third kappa shape index (κ3) is 3.10. The summed E-state index contributed by atoms with van der Waals surface area (Å²) < 4.78 is 13.8. The monoisotopic (exact) mass is 281 g/mol. The van der Waals surface area contributed by atoms with Gasteiger partial charge in [-0.05, 0) is 25.0 Å². The van der Waals surface area contributed by atoms with E-state index in [9.17, 15) is 14.3 Å². The molecule has 1 aliphatic rings. The fraction of sp³-hybridized carbons (Fsp3) is 0.533. The molecular weight excluding hydrogens is 261 g/mol. The molecule has 0 spiro atoms. The normalized spacial score (nSPS) is 16.1. The molecule has 2 N–H and O–H groups in total. The molecule has 2 rings (SSSR count). The zero-order chi connectivity index (χ0) is 14.5. The first-order valence-corrected chi connectivity index (χ1v) is 7.04. The number of hydrogen-bond acceptors (Lipinski definition) is 3. The molecule has 0 saturated heterocycles. The van der Waals surface area contributed by atoms with E-state index in [0.29, 0.717) is 0 Å². The third-order valence-corrected chi connectivity index (χ3v) is 3.82. The maximum absolute atomic E-state index is 13.8. The first kappa shape index (κ1) is 14.8. The number of rotatable bonds is 4. The molecule has 1 fully saturated rings. The topological polar surface area (TPSA) is 60.8 Å². The lowest BCUT2D eigenvalue weighted by molar-refractivity contribution is 0.0577. The van der Waals surface area contributed by atoms with Gasteiger partial charge in [0, 0.05) is 12.6 Å². The van der Waals surface area contributed by atoms with E-state index in [1.807, 2.05) is 0 Å². The van der Waals surface area contributed by atoms with Gasteiger partial charge in [0.15, 0.2) is 0 Å². The fourth-order valence-electron chi connectivity index (χ4n) is 2.82. The molecule has 5 heteroatoms. The summed E-state index contributed by atoms with van der Waals surface area (Å²) in [5.74, 6) is -1.62. The van der Waals surface area contributed by atoms with Gasteiger partial charge >= 0.3 is 0 Å². The van der Waals surface area contributed by atoms with Crippen LogP contribution in [0.1, 0.15) is 42.5 Å². The summed E-state index contributed by atoms with van der Waals surface area (Å²) in [6.45, 7) is -0.00523. The molecule has 4 nitrogen and oxygen atoms in total. The summed E-state index contributed by atoms with van der Waals surface area (Å²) >= 11 is 0. The van der Waals surface area contributed by atoms with E-state index in [1.54, 1.807) is 0 Å². The van der Waals surface area contributed by atoms with Crippen LogP contribution in [0.15, 0.2) is 18.2 Å². The minimum atomic E-state index is -0.728. The van der Waals surface area contributed by atoms with Gasteiger partial charge in [-0.15, -0.1) is 0 Å². The van der Waals surface area contributed by atoms with Crippen LogP contribution < -0.4 is 0 Å². The molecule has 1 aliphatic carbocycles. The first-order valence-electron chi connectivity index (χ1n) is 7.04. The smallest absolute Gasteiger partial charge is 0.260 e. The second kappa shape index (κ2) is 6.70. The number of benzene rings is 1. The highest BCUT2D eigenvalue weighted by molar-refractivity contribution is 5.97. The van der Waals surface area contributed by atoms with Crippen molar-refractivity contribution in [2.45, 2.75) is 38.1 Å². The van der Waals surface area contributed by atoms with Gasteiger partial charge in [0.25, 0.3) is 5.91 Å². The lowest BCUT2D eigenvalue weighted by Crippen LogP contribution is -2.43. The highest BCUT2D eigenvalue weighted by Crippen LogP contribution is 2.27. The average Bonchev–Trinajstić information content (AvgIpc) is 2.45. The Morgan fingerprint density at radius 2 is 2.00 bits per heavy atom. The lowest BCUT2D eigenvalue weighted by atomic mass is 9.93. The second-order valence-electron chi connectivity index (χ2n) is 5.15. The molecule has 0 atom stereocenters. The zero-order valence-corrected chi connectivity index (χ0v) is 11.4. The van der Waals surface area contributed by atoms with Crippen LogP contribution in [0.2, 0.25) is 0 Å². The average molecular weight is 281 g/mol. The predicted molar refractivity (Wildman–Crippen MR) is 73.1 cm³/mol. The Balaban J connectivity index is 2.26. The van der Waals surface area contributed by atoms with Crippen molar-refractivity contribution in [3.63, 3.8) is 0 Å². The van der Waals surface area contributed by atoms with Gasteiger partial charge < -0.3 is 15.1 Å². The van der Waals surface area contributed by atoms with Crippen molar-refractivity contribution in [3.8, 4) is 5.75 Å². The van der Waals surface area contributed by atoms with Crippen LogP contribution in [0.5, 0.6) is 5.75 Å². The van der Waals surface area contributed by atoms with Gasteiger partial charge in [-0.3, -0.25) is 4.79 Å². The Morgan fingerprint density at radius 1 is 1.30 bits per heavy atom. The summed E-state index contributed by atoms with van der Waals surface area (Å²) in [6, 6.07) is 3.83. The number of phenols is 1. The highest BCUT2D eigenvalue weighted by Gasteiger charge is 2.29. The fourth-order valence-corrected chi connectivity index (χ4v) is 2.82.